The molecule has 1 fully saturated rings. The molecule has 2 nitrogen and oxygen atoms in total. The minimum absolute atomic E-state index is 0.235. The fourth-order valence-electron chi connectivity index (χ4n) is 2.60. The van der Waals surface area contributed by atoms with Crippen LogP contribution in [0.5, 0.6) is 0 Å². The number of benzene rings is 1. The second-order valence-electron chi connectivity index (χ2n) is 4.98. The predicted octanol–water partition coefficient (Wildman–Crippen LogP) is 3.41. The Morgan fingerprint density at radius 1 is 1.11 bits per heavy atom. The first-order chi connectivity index (χ1) is 9.02. The third-order valence-electron chi connectivity index (χ3n) is 3.68. The van der Waals surface area contributed by atoms with Crippen LogP contribution in [0.1, 0.15) is 31.2 Å². The number of anilines is 1. The van der Waals surface area contributed by atoms with Gasteiger partial charge in [0.25, 0.3) is 0 Å². The van der Waals surface area contributed by atoms with E-state index in [9.17, 15) is 13.2 Å². The van der Waals surface area contributed by atoms with E-state index in [4.69, 9.17) is 5.73 Å². The average Bonchev–Trinajstić information content (AvgIpc) is 2.62. The van der Waals surface area contributed by atoms with Gasteiger partial charge in [0.15, 0.2) is 0 Å². The van der Waals surface area contributed by atoms with Crippen molar-refractivity contribution in [3.05, 3.63) is 29.8 Å². The Morgan fingerprint density at radius 2 is 1.79 bits per heavy atom. The van der Waals surface area contributed by atoms with Crippen molar-refractivity contribution < 1.29 is 13.2 Å². The second-order valence-corrected chi connectivity index (χ2v) is 4.98. The summed E-state index contributed by atoms with van der Waals surface area (Å²) in [7, 11) is 0. The van der Waals surface area contributed by atoms with Crippen molar-refractivity contribution >= 4 is 5.69 Å². The van der Waals surface area contributed by atoms with Gasteiger partial charge in [-0.1, -0.05) is 12.8 Å². The largest absolute Gasteiger partial charge is 0.416 e. The van der Waals surface area contributed by atoms with Gasteiger partial charge in [0.1, 0.15) is 0 Å². The van der Waals surface area contributed by atoms with Gasteiger partial charge in [-0.2, -0.15) is 13.2 Å². The monoisotopic (exact) mass is 272 g/mol. The summed E-state index contributed by atoms with van der Waals surface area (Å²) >= 11 is 0. The van der Waals surface area contributed by atoms with Gasteiger partial charge in [-0.25, -0.2) is 0 Å². The molecule has 0 bridgehead atoms. The fraction of sp³-hybridized carbons (Fsp3) is 0.571. The molecule has 0 saturated carbocycles. The highest BCUT2D eigenvalue weighted by Crippen LogP contribution is 2.31. The summed E-state index contributed by atoms with van der Waals surface area (Å²) in [5.74, 6) is 0. The van der Waals surface area contributed by atoms with Crippen LogP contribution < -0.4 is 10.6 Å². The number of hydrogen-bond donors (Lipinski definition) is 1. The normalized spacial score (nSPS) is 21.3. The molecule has 1 heterocycles. The molecule has 1 aromatic carbocycles. The van der Waals surface area contributed by atoms with Crippen LogP contribution in [0, 0.1) is 0 Å². The van der Waals surface area contributed by atoms with Crippen LogP contribution in [0.3, 0.4) is 0 Å². The lowest BCUT2D eigenvalue weighted by Gasteiger charge is -2.31. The molecule has 106 valence electrons. The molecule has 1 saturated heterocycles. The van der Waals surface area contributed by atoms with Gasteiger partial charge < -0.3 is 10.6 Å². The van der Waals surface area contributed by atoms with E-state index in [-0.39, 0.29) is 6.04 Å². The van der Waals surface area contributed by atoms with Gasteiger partial charge in [-0.15, -0.1) is 0 Å². The van der Waals surface area contributed by atoms with E-state index < -0.39 is 11.7 Å². The Labute approximate surface area is 111 Å². The van der Waals surface area contributed by atoms with Gasteiger partial charge in [-0.3, -0.25) is 0 Å². The van der Waals surface area contributed by atoms with Crippen LogP contribution in [0.4, 0.5) is 18.9 Å². The number of hydrogen-bond acceptors (Lipinski definition) is 2. The number of nitrogens with two attached hydrogens (primary N) is 1. The SMILES string of the molecule is NCC1CCCCCN1c1ccc(C(F)(F)F)cc1. The summed E-state index contributed by atoms with van der Waals surface area (Å²) < 4.78 is 37.6. The highest BCUT2D eigenvalue weighted by Gasteiger charge is 2.30. The maximum Gasteiger partial charge on any atom is 0.416 e. The van der Waals surface area contributed by atoms with Crippen molar-refractivity contribution in [1.29, 1.82) is 0 Å². The summed E-state index contributed by atoms with van der Waals surface area (Å²) in [6, 6.07) is 5.63. The topological polar surface area (TPSA) is 29.3 Å². The molecule has 2 N–H and O–H groups in total. The summed E-state index contributed by atoms with van der Waals surface area (Å²) in [5.41, 5.74) is 6.01. The molecule has 0 spiro atoms. The van der Waals surface area contributed by atoms with Crippen molar-refractivity contribution in [3.63, 3.8) is 0 Å². The minimum atomic E-state index is -4.27. The molecule has 19 heavy (non-hydrogen) atoms. The van der Waals surface area contributed by atoms with Gasteiger partial charge in [0.05, 0.1) is 5.56 Å². The standard InChI is InChI=1S/C14H19F3N2/c15-14(16,17)11-5-7-12(8-6-11)19-9-3-1-2-4-13(19)10-18/h5-8,13H,1-4,9-10,18H2. The van der Waals surface area contributed by atoms with Crippen LogP contribution in [0.2, 0.25) is 0 Å². The molecule has 1 atom stereocenters. The second kappa shape index (κ2) is 5.82. The Morgan fingerprint density at radius 3 is 2.37 bits per heavy atom. The Kier molecular flexibility index (Phi) is 4.34. The number of nitrogens with zero attached hydrogens (tertiary/aromatic N) is 1. The molecule has 0 aliphatic carbocycles. The van der Waals surface area contributed by atoms with E-state index in [0.717, 1.165) is 50.0 Å². The van der Waals surface area contributed by atoms with Gasteiger partial charge >= 0.3 is 6.18 Å². The van der Waals surface area contributed by atoms with Crippen molar-refractivity contribution in [2.45, 2.75) is 37.9 Å². The molecule has 0 aromatic heterocycles. The van der Waals surface area contributed by atoms with Crippen molar-refractivity contribution in [3.8, 4) is 0 Å². The van der Waals surface area contributed by atoms with E-state index in [2.05, 4.69) is 4.90 Å². The van der Waals surface area contributed by atoms with Gasteiger partial charge in [0.2, 0.25) is 0 Å². The van der Waals surface area contributed by atoms with E-state index in [1.54, 1.807) is 12.1 Å². The zero-order valence-electron chi connectivity index (χ0n) is 10.8. The third-order valence-corrected chi connectivity index (χ3v) is 3.68. The van der Waals surface area contributed by atoms with Gasteiger partial charge in [-0.05, 0) is 37.1 Å². The van der Waals surface area contributed by atoms with E-state index >= 15 is 0 Å². The zero-order chi connectivity index (χ0) is 13.9. The van der Waals surface area contributed by atoms with E-state index in [1.165, 1.54) is 0 Å². The van der Waals surface area contributed by atoms with Gasteiger partial charge in [0, 0.05) is 24.8 Å². The quantitative estimate of drug-likeness (QED) is 0.894. The molecular formula is C14H19F3N2. The maximum atomic E-state index is 12.5. The van der Waals surface area contributed by atoms with Crippen LogP contribution >= 0.6 is 0 Å². The zero-order valence-corrected chi connectivity index (χ0v) is 10.8. The first-order valence-corrected chi connectivity index (χ1v) is 6.66. The van der Waals surface area contributed by atoms with Crippen molar-refractivity contribution in [2.24, 2.45) is 5.73 Å². The molecule has 1 unspecified atom stereocenters. The lowest BCUT2D eigenvalue weighted by Crippen LogP contribution is -2.40. The predicted molar refractivity (Wildman–Crippen MR) is 70.1 cm³/mol. The highest BCUT2D eigenvalue weighted by molar-refractivity contribution is 5.49. The first-order valence-electron chi connectivity index (χ1n) is 6.66. The minimum Gasteiger partial charge on any atom is -0.367 e. The smallest absolute Gasteiger partial charge is 0.367 e. The fourth-order valence-corrected chi connectivity index (χ4v) is 2.60. The van der Waals surface area contributed by atoms with Crippen LogP contribution in [-0.4, -0.2) is 19.1 Å². The molecule has 1 aliphatic heterocycles. The number of halogens is 3. The van der Waals surface area contributed by atoms with Crippen LogP contribution in [-0.2, 0) is 6.18 Å². The Hall–Kier alpha value is -1.23. The highest BCUT2D eigenvalue weighted by atomic mass is 19.4. The summed E-state index contributed by atoms with van der Waals surface area (Å²) in [6.45, 7) is 1.41. The van der Waals surface area contributed by atoms with Crippen LogP contribution in [0.15, 0.2) is 24.3 Å². The molecule has 0 amide bonds. The molecule has 1 aliphatic rings. The molecule has 1 aromatic rings. The van der Waals surface area contributed by atoms with E-state index in [0.29, 0.717) is 6.54 Å². The van der Waals surface area contributed by atoms with Crippen molar-refractivity contribution in [1.82, 2.24) is 0 Å². The van der Waals surface area contributed by atoms with Crippen LogP contribution in [0.25, 0.3) is 0 Å². The Bertz CT molecular complexity index is 400. The lowest BCUT2D eigenvalue weighted by molar-refractivity contribution is -0.137. The van der Waals surface area contributed by atoms with Crippen molar-refractivity contribution in [2.75, 3.05) is 18.0 Å². The first kappa shape index (κ1) is 14.2. The molecule has 5 heteroatoms. The Balaban J connectivity index is 2.19. The lowest BCUT2D eigenvalue weighted by atomic mass is 10.1. The molecule has 2 rings (SSSR count). The average molecular weight is 272 g/mol. The number of rotatable bonds is 2. The number of alkyl halides is 3. The summed E-state index contributed by atoms with van der Waals surface area (Å²) in [6.07, 6.45) is 0.103. The maximum absolute atomic E-state index is 12.5. The molecule has 0 radical (unpaired) electrons. The molecular weight excluding hydrogens is 253 g/mol. The third kappa shape index (κ3) is 3.41. The summed E-state index contributed by atoms with van der Waals surface area (Å²) in [4.78, 5) is 2.15. The van der Waals surface area contributed by atoms with E-state index in [1.807, 2.05) is 0 Å². The summed E-state index contributed by atoms with van der Waals surface area (Å²) in [5, 5.41) is 0.